The third-order valence-electron chi connectivity index (χ3n) is 3.24. The molecule has 0 saturated carbocycles. The lowest BCUT2D eigenvalue weighted by Crippen LogP contribution is -2.20. The molecule has 0 unspecified atom stereocenters. The molecule has 106 valence electrons. The second-order valence-corrected chi connectivity index (χ2v) is 4.72. The van der Waals surface area contributed by atoms with Crippen LogP contribution in [0.1, 0.15) is 5.82 Å². The van der Waals surface area contributed by atoms with E-state index in [-0.39, 0.29) is 12.5 Å². The van der Waals surface area contributed by atoms with E-state index in [1.165, 1.54) is 0 Å². The second kappa shape index (κ2) is 5.24. The van der Waals surface area contributed by atoms with Crippen molar-refractivity contribution < 1.29 is 4.79 Å². The number of nitrogens with two attached hydrogens (primary N) is 1. The topological polar surface area (TPSA) is 85.8 Å². The van der Waals surface area contributed by atoms with Crippen LogP contribution in [0.25, 0.3) is 11.0 Å². The van der Waals surface area contributed by atoms with E-state index >= 15 is 0 Å². The van der Waals surface area contributed by atoms with Crippen molar-refractivity contribution in [3.05, 3.63) is 48.4 Å². The summed E-state index contributed by atoms with van der Waals surface area (Å²) >= 11 is 0. The number of benzene rings is 1. The summed E-state index contributed by atoms with van der Waals surface area (Å²) in [6, 6.07) is 10.9. The normalized spacial score (nSPS) is 10.7. The number of carbonyl (C=O) groups is 1. The summed E-state index contributed by atoms with van der Waals surface area (Å²) in [7, 11) is 0. The minimum atomic E-state index is -0.154. The molecule has 6 heteroatoms. The predicted molar refractivity (Wildman–Crippen MR) is 81.7 cm³/mol. The van der Waals surface area contributed by atoms with Crippen LogP contribution in [0.15, 0.2) is 42.6 Å². The van der Waals surface area contributed by atoms with Crippen LogP contribution in [-0.2, 0) is 11.3 Å². The summed E-state index contributed by atoms with van der Waals surface area (Å²) < 4.78 is 1.84. The molecule has 0 aliphatic carbocycles. The van der Waals surface area contributed by atoms with Gasteiger partial charge in [0.2, 0.25) is 5.91 Å². The van der Waals surface area contributed by atoms with E-state index in [9.17, 15) is 4.79 Å². The lowest BCUT2D eigenvalue weighted by molar-refractivity contribution is -0.116. The molecule has 0 bridgehead atoms. The summed E-state index contributed by atoms with van der Waals surface area (Å²) in [5.74, 6) is 1.13. The van der Waals surface area contributed by atoms with E-state index in [0.29, 0.717) is 11.5 Å². The molecule has 1 amide bonds. The zero-order valence-corrected chi connectivity index (χ0v) is 11.6. The number of hydrogen-bond donors (Lipinski definition) is 2. The van der Waals surface area contributed by atoms with Crippen LogP contribution in [0.2, 0.25) is 0 Å². The molecule has 0 aliphatic rings. The number of aromatic nitrogens is 3. The van der Waals surface area contributed by atoms with Gasteiger partial charge in [0.25, 0.3) is 0 Å². The number of para-hydroxylation sites is 1. The smallest absolute Gasteiger partial charge is 0.245 e. The summed E-state index contributed by atoms with van der Waals surface area (Å²) in [5, 5.41) is 2.76. The molecule has 0 aliphatic heterocycles. The second-order valence-electron chi connectivity index (χ2n) is 4.72. The van der Waals surface area contributed by atoms with E-state index < -0.39 is 0 Å². The molecule has 21 heavy (non-hydrogen) atoms. The largest absolute Gasteiger partial charge is 0.397 e. The number of amides is 1. The lowest BCUT2D eigenvalue weighted by atomic mass is 10.3. The fourth-order valence-electron chi connectivity index (χ4n) is 2.25. The van der Waals surface area contributed by atoms with Crippen LogP contribution in [0, 0.1) is 6.92 Å². The molecule has 1 aromatic carbocycles. The molecular formula is C15H15N5O. The van der Waals surface area contributed by atoms with Crippen molar-refractivity contribution in [1.82, 2.24) is 14.5 Å². The SMILES string of the molecule is Cc1nc2c(N)cccc2n1CC(=O)Nc1ccccn1. The van der Waals surface area contributed by atoms with Gasteiger partial charge < -0.3 is 15.6 Å². The monoisotopic (exact) mass is 281 g/mol. The van der Waals surface area contributed by atoms with Crippen molar-refractivity contribution in [1.29, 1.82) is 0 Å². The summed E-state index contributed by atoms with van der Waals surface area (Å²) in [5.41, 5.74) is 8.09. The van der Waals surface area contributed by atoms with Gasteiger partial charge in [-0.25, -0.2) is 9.97 Å². The fraction of sp³-hybridized carbons (Fsp3) is 0.133. The van der Waals surface area contributed by atoms with E-state index in [1.54, 1.807) is 24.4 Å². The standard InChI is InChI=1S/C15H15N5O/c1-10-18-15-11(16)5-4-6-12(15)20(10)9-14(21)19-13-7-2-3-8-17-13/h2-8H,9,16H2,1H3,(H,17,19,21). The van der Waals surface area contributed by atoms with E-state index in [0.717, 1.165) is 16.9 Å². The quantitative estimate of drug-likeness (QED) is 0.719. The number of nitrogens with one attached hydrogen (secondary N) is 1. The van der Waals surface area contributed by atoms with Crippen molar-refractivity contribution in [3.8, 4) is 0 Å². The van der Waals surface area contributed by atoms with E-state index in [1.807, 2.05) is 29.7 Å². The number of pyridine rings is 1. The number of aryl methyl sites for hydroxylation is 1. The number of carbonyl (C=O) groups excluding carboxylic acids is 1. The van der Waals surface area contributed by atoms with Crippen molar-refractivity contribution in [2.24, 2.45) is 0 Å². The number of hydrogen-bond acceptors (Lipinski definition) is 4. The average molecular weight is 281 g/mol. The summed E-state index contributed by atoms with van der Waals surface area (Å²) in [6.45, 7) is 2.02. The highest BCUT2D eigenvalue weighted by atomic mass is 16.2. The first kappa shape index (κ1) is 13.1. The minimum absolute atomic E-state index is 0.154. The van der Waals surface area contributed by atoms with Crippen molar-refractivity contribution >= 4 is 28.4 Å². The molecule has 3 rings (SSSR count). The van der Waals surface area contributed by atoms with Crippen LogP contribution in [0.3, 0.4) is 0 Å². The number of nitrogen functional groups attached to an aromatic ring is 1. The third-order valence-corrected chi connectivity index (χ3v) is 3.24. The molecular weight excluding hydrogens is 266 g/mol. The van der Waals surface area contributed by atoms with Gasteiger partial charge in [0.15, 0.2) is 0 Å². The summed E-state index contributed by atoms with van der Waals surface area (Å²) in [6.07, 6.45) is 1.63. The molecule has 2 aromatic heterocycles. The van der Waals surface area contributed by atoms with Gasteiger partial charge in [0.05, 0.1) is 11.2 Å². The molecule has 3 aromatic rings. The minimum Gasteiger partial charge on any atom is -0.397 e. The molecule has 0 spiro atoms. The number of fused-ring (bicyclic) bond motifs is 1. The molecule has 3 N–H and O–H groups in total. The van der Waals surface area contributed by atoms with E-state index in [4.69, 9.17) is 5.73 Å². The Balaban J connectivity index is 1.86. The average Bonchev–Trinajstić information content (AvgIpc) is 2.78. The lowest BCUT2D eigenvalue weighted by Gasteiger charge is -2.07. The Hall–Kier alpha value is -2.89. The van der Waals surface area contributed by atoms with Crippen LogP contribution >= 0.6 is 0 Å². The molecule has 6 nitrogen and oxygen atoms in total. The number of anilines is 2. The highest BCUT2D eigenvalue weighted by Crippen LogP contribution is 2.21. The maximum atomic E-state index is 12.1. The van der Waals surface area contributed by atoms with Gasteiger partial charge in [-0.05, 0) is 31.2 Å². The Morgan fingerprint density at radius 3 is 2.90 bits per heavy atom. The Morgan fingerprint density at radius 1 is 1.29 bits per heavy atom. The van der Waals surface area contributed by atoms with Gasteiger partial charge in [-0.3, -0.25) is 4.79 Å². The first-order chi connectivity index (χ1) is 10.1. The zero-order valence-electron chi connectivity index (χ0n) is 11.6. The number of rotatable bonds is 3. The number of imidazole rings is 1. The van der Waals surface area contributed by atoms with Gasteiger partial charge >= 0.3 is 0 Å². The summed E-state index contributed by atoms with van der Waals surface area (Å²) in [4.78, 5) is 20.6. The van der Waals surface area contributed by atoms with Gasteiger partial charge in [-0.2, -0.15) is 0 Å². The van der Waals surface area contributed by atoms with Crippen molar-refractivity contribution in [3.63, 3.8) is 0 Å². The molecule has 0 radical (unpaired) electrons. The molecule has 0 atom stereocenters. The Morgan fingerprint density at radius 2 is 2.14 bits per heavy atom. The van der Waals surface area contributed by atoms with Gasteiger partial charge in [0, 0.05) is 6.20 Å². The zero-order chi connectivity index (χ0) is 14.8. The van der Waals surface area contributed by atoms with Gasteiger partial charge in [0.1, 0.15) is 23.7 Å². The van der Waals surface area contributed by atoms with Crippen LogP contribution < -0.4 is 11.1 Å². The Kier molecular flexibility index (Phi) is 3.27. The van der Waals surface area contributed by atoms with Crippen molar-refractivity contribution in [2.45, 2.75) is 13.5 Å². The highest BCUT2D eigenvalue weighted by molar-refractivity contribution is 5.92. The van der Waals surface area contributed by atoms with Gasteiger partial charge in [-0.15, -0.1) is 0 Å². The van der Waals surface area contributed by atoms with Crippen LogP contribution in [0.4, 0.5) is 11.5 Å². The highest BCUT2D eigenvalue weighted by Gasteiger charge is 2.12. The molecule has 2 heterocycles. The predicted octanol–water partition coefficient (Wildman–Crippen LogP) is 1.96. The van der Waals surface area contributed by atoms with Crippen molar-refractivity contribution in [2.75, 3.05) is 11.1 Å². The van der Waals surface area contributed by atoms with Crippen LogP contribution in [0.5, 0.6) is 0 Å². The fourth-order valence-corrected chi connectivity index (χ4v) is 2.25. The maximum absolute atomic E-state index is 12.1. The Labute approximate surface area is 121 Å². The first-order valence-electron chi connectivity index (χ1n) is 6.57. The third kappa shape index (κ3) is 2.55. The first-order valence-corrected chi connectivity index (χ1v) is 6.57. The van der Waals surface area contributed by atoms with Gasteiger partial charge in [-0.1, -0.05) is 12.1 Å². The van der Waals surface area contributed by atoms with E-state index in [2.05, 4.69) is 15.3 Å². The Bertz CT molecular complexity index is 794. The molecule has 0 fully saturated rings. The molecule has 0 saturated heterocycles. The van der Waals surface area contributed by atoms with Crippen LogP contribution in [-0.4, -0.2) is 20.4 Å². The maximum Gasteiger partial charge on any atom is 0.245 e. The number of nitrogens with zero attached hydrogens (tertiary/aromatic N) is 3.